The summed E-state index contributed by atoms with van der Waals surface area (Å²) in [5, 5.41) is 10.7. The quantitative estimate of drug-likeness (QED) is 0.520. The monoisotopic (exact) mass is 353 g/mol. The van der Waals surface area contributed by atoms with Crippen molar-refractivity contribution in [3.63, 3.8) is 0 Å². The van der Waals surface area contributed by atoms with Crippen molar-refractivity contribution in [2.45, 2.75) is 6.04 Å². The zero-order valence-electron chi connectivity index (χ0n) is 14.7. The number of ether oxygens (including phenoxy) is 2. The van der Waals surface area contributed by atoms with E-state index < -0.39 is 17.7 Å². The molecule has 0 spiro atoms. The van der Waals surface area contributed by atoms with Crippen LogP contribution >= 0.6 is 0 Å². The summed E-state index contributed by atoms with van der Waals surface area (Å²) in [4.78, 5) is 26.2. The van der Waals surface area contributed by atoms with Gasteiger partial charge in [0.05, 0.1) is 25.8 Å². The average molecular weight is 353 g/mol. The van der Waals surface area contributed by atoms with Gasteiger partial charge in [-0.05, 0) is 12.1 Å². The third-order valence-corrected chi connectivity index (χ3v) is 4.46. The third-order valence-electron chi connectivity index (χ3n) is 4.46. The van der Waals surface area contributed by atoms with E-state index in [1.807, 2.05) is 0 Å². The highest BCUT2D eigenvalue weighted by atomic mass is 16.5. The first-order valence-electron chi connectivity index (χ1n) is 8.01. The van der Waals surface area contributed by atoms with E-state index in [0.29, 0.717) is 22.6 Å². The van der Waals surface area contributed by atoms with Gasteiger partial charge in [-0.1, -0.05) is 30.3 Å². The Labute approximate surface area is 151 Å². The zero-order valence-corrected chi connectivity index (χ0v) is 14.7. The maximum atomic E-state index is 12.6. The minimum atomic E-state index is -0.754. The molecule has 0 saturated carbocycles. The van der Waals surface area contributed by atoms with Crippen molar-refractivity contribution in [2.24, 2.45) is 0 Å². The first kappa shape index (κ1) is 17.5. The van der Waals surface area contributed by atoms with Gasteiger partial charge in [0, 0.05) is 24.2 Å². The van der Waals surface area contributed by atoms with E-state index in [0.717, 1.165) is 0 Å². The van der Waals surface area contributed by atoms with Crippen molar-refractivity contribution in [1.29, 1.82) is 0 Å². The summed E-state index contributed by atoms with van der Waals surface area (Å²) in [6, 6.07) is 13.0. The zero-order chi connectivity index (χ0) is 18.8. The molecule has 6 heteroatoms. The Kier molecular flexibility index (Phi) is 4.67. The van der Waals surface area contributed by atoms with Gasteiger partial charge in [0.25, 0.3) is 11.7 Å². The van der Waals surface area contributed by atoms with E-state index in [4.69, 9.17) is 9.47 Å². The number of likely N-dealkylation sites (tertiary alicyclic amines) is 1. The van der Waals surface area contributed by atoms with Crippen molar-refractivity contribution in [3.05, 3.63) is 65.2 Å². The lowest BCUT2D eigenvalue weighted by molar-refractivity contribution is -0.139. The molecule has 0 aromatic heterocycles. The molecule has 3 rings (SSSR count). The molecule has 1 unspecified atom stereocenters. The summed E-state index contributed by atoms with van der Waals surface area (Å²) in [5.74, 6) is -0.568. The van der Waals surface area contributed by atoms with Crippen LogP contribution in [-0.4, -0.2) is 43.0 Å². The van der Waals surface area contributed by atoms with Crippen LogP contribution in [0.1, 0.15) is 17.2 Å². The molecule has 1 amide bonds. The van der Waals surface area contributed by atoms with E-state index in [1.54, 1.807) is 48.5 Å². The number of benzene rings is 2. The third kappa shape index (κ3) is 2.79. The number of ketones is 1. The number of likely N-dealkylation sites (N-methyl/N-ethyl adjacent to an activating group) is 1. The van der Waals surface area contributed by atoms with Crippen LogP contribution in [0.4, 0.5) is 0 Å². The molecule has 134 valence electrons. The van der Waals surface area contributed by atoms with Crippen LogP contribution in [0.25, 0.3) is 5.76 Å². The van der Waals surface area contributed by atoms with Gasteiger partial charge in [-0.2, -0.15) is 0 Å². The Morgan fingerprint density at radius 2 is 1.73 bits per heavy atom. The average Bonchev–Trinajstić information content (AvgIpc) is 2.91. The summed E-state index contributed by atoms with van der Waals surface area (Å²) in [5.41, 5.74) is 1.09. The van der Waals surface area contributed by atoms with E-state index in [1.165, 1.54) is 26.2 Å². The molecule has 1 atom stereocenters. The highest BCUT2D eigenvalue weighted by Gasteiger charge is 2.45. The molecule has 26 heavy (non-hydrogen) atoms. The van der Waals surface area contributed by atoms with Crippen LogP contribution in [0.3, 0.4) is 0 Å². The normalized spacial score (nSPS) is 18.9. The molecular weight excluding hydrogens is 334 g/mol. The van der Waals surface area contributed by atoms with E-state index >= 15 is 0 Å². The number of rotatable bonds is 4. The predicted molar refractivity (Wildman–Crippen MR) is 96.1 cm³/mol. The highest BCUT2D eigenvalue weighted by molar-refractivity contribution is 6.46. The van der Waals surface area contributed by atoms with Gasteiger partial charge < -0.3 is 19.5 Å². The lowest BCUT2D eigenvalue weighted by atomic mass is 9.94. The van der Waals surface area contributed by atoms with Crippen molar-refractivity contribution in [3.8, 4) is 11.5 Å². The minimum absolute atomic E-state index is 0.0344. The van der Waals surface area contributed by atoms with Crippen molar-refractivity contribution < 1.29 is 24.2 Å². The molecule has 1 aliphatic rings. The highest BCUT2D eigenvalue weighted by Crippen LogP contribution is 2.42. The SMILES string of the molecule is COc1ccc(C2/C(=C(\O)c3ccccc3)C(=O)C(=O)N2C)c(OC)c1. The largest absolute Gasteiger partial charge is 0.507 e. The molecule has 2 aromatic rings. The van der Waals surface area contributed by atoms with Gasteiger partial charge in [0.15, 0.2) is 0 Å². The fourth-order valence-electron chi connectivity index (χ4n) is 3.11. The second kappa shape index (κ2) is 6.92. The standard InChI is InChI=1S/C20H19NO5/c1-21-17(14-10-9-13(25-2)11-15(14)26-3)16(19(23)20(21)24)18(22)12-7-5-4-6-8-12/h4-11,17,22H,1-3H3/b18-16+. The van der Waals surface area contributed by atoms with Gasteiger partial charge in [0.2, 0.25) is 0 Å². The van der Waals surface area contributed by atoms with Crippen LogP contribution in [0.2, 0.25) is 0 Å². The number of carbonyl (C=O) groups is 2. The maximum absolute atomic E-state index is 12.6. The number of hydrogen-bond donors (Lipinski definition) is 1. The van der Waals surface area contributed by atoms with E-state index in [-0.39, 0.29) is 11.3 Å². The Hall–Kier alpha value is -3.28. The topological polar surface area (TPSA) is 76.1 Å². The summed E-state index contributed by atoms with van der Waals surface area (Å²) in [6.07, 6.45) is 0. The van der Waals surface area contributed by atoms with E-state index in [2.05, 4.69) is 0 Å². The van der Waals surface area contributed by atoms with Crippen LogP contribution in [0, 0.1) is 0 Å². The number of nitrogens with zero attached hydrogens (tertiary/aromatic N) is 1. The smallest absolute Gasteiger partial charge is 0.295 e. The molecule has 1 N–H and O–H groups in total. The summed E-state index contributed by atoms with van der Waals surface area (Å²) in [6.45, 7) is 0. The molecule has 0 aliphatic carbocycles. The number of methoxy groups -OCH3 is 2. The number of carbonyl (C=O) groups excluding carboxylic acids is 2. The molecule has 1 fully saturated rings. The molecule has 1 heterocycles. The Bertz CT molecular complexity index is 888. The van der Waals surface area contributed by atoms with Crippen molar-refractivity contribution in [1.82, 2.24) is 4.90 Å². The fourth-order valence-corrected chi connectivity index (χ4v) is 3.11. The second-order valence-corrected chi connectivity index (χ2v) is 5.88. The van der Waals surface area contributed by atoms with Crippen LogP contribution in [0.15, 0.2) is 54.1 Å². The Morgan fingerprint density at radius 1 is 1.04 bits per heavy atom. The molecular formula is C20H19NO5. The van der Waals surface area contributed by atoms with E-state index in [9.17, 15) is 14.7 Å². The summed E-state index contributed by atoms with van der Waals surface area (Å²) in [7, 11) is 4.56. The van der Waals surface area contributed by atoms with Crippen LogP contribution in [0.5, 0.6) is 11.5 Å². The number of aliphatic hydroxyl groups excluding tert-OH is 1. The first-order chi connectivity index (χ1) is 12.5. The lowest BCUT2D eigenvalue weighted by Gasteiger charge is -2.23. The molecule has 6 nitrogen and oxygen atoms in total. The summed E-state index contributed by atoms with van der Waals surface area (Å²) < 4.78 is 10.6. The molecule has 1 aliphatic heterocycles. The van der Waals surface area contributed by atoms with Gasteiger partial charge in [-0.25, -0.2) is 0 Å². The minimum Gasteiger partial charge on any atom is -0.507 e. The molecule has 2 aromatic carbocycles. The number of amides is 1. The Balaban J connectivity index is 2.21. The van der Waals surface area contributed by atoms with Crippen molar-refractivity contribution >= 4 is 17.4 Å². The molecule has 1 saturated heterocycles. The molecule has 0 radical (unpaired) electrons. The maximum Gasteiger partial charge on any atom is 0.295 e. The van der Waals surface area contributed by atoms with Gasteiger partial charge in [-0.3, -0.25) is 9.59 Å². The van der Waals surface area contributed by atoms with Gasteiger partial charge in [-0.15, -0.1) is 0 Å². The van der Waals surface area contributed by atoms with Crippen LogP contribution in [-0.2, 0) is 9.59 Å². The summed E-state index contributed by atoms with van der Waals surface area (Å²) >= 11 is 0. The second-order valence-electron chi connectivity index (χ2n) is 5.88. The Morgan fingerprint density at radius 3 is 2.35 bits per heavy atom. The number of aliphatic hydroxyl groups is 1. The fraction of sp³-hybridized carbons (Fsp3) is 0.200. The first-order valence-corrected chi connectivity index (χ1v) is 8.01. The predicted octanol–water partition coefficient (Wildman–Crippen LogP) is 2.76. The van der Waals surface area contributed by atoms with Gasteiger partial charge in [0.1, 0.15) is 17.3 Å². The molecule has 0 bridgehead atoms. The van der Waals surface area contributed by atoms with Crippen LogP contribution < -0.4 is 9.47 Å². The number of Topliss-reactive ketones (excluding diaryl/α,β-unsaturated/α-hetero) is 1. The lowest BCUT2D eigenvalue weighted by Crippen LogP contribution is -2.25. The van der Waals surface area contributed by atoms with Crippen molar-refractivity contribution in [2.75, 3.05) is 21.3 Å². The van der Waals surface area contributed by atoms with Gasteiger partial charge >= 0.3 is 0 Å². The number of hydrogen-bond acceptors (Lipinski definition) is 5.